The summed E-state index contributed by atoms with van der Waals surface area (Å²) in [5.74, 6) is -0.399. The molecule has 0 spiro atoms. The van der Waals surface area contributed by atoms with Gasteiger partial charge in [0.25, 0.3) is 0 Å². The highest BCUT2D eigenvalue weighted by atomic mass is 19.1. The van der Waals surface area contributed by atoms with Crippen LogP contribution >= 0.6 is 0 Å². The van der Waals surface area contributed by atoms with Crippen molar-refractivity contribution < 1.29 is 18.7 Å². The number of amides is 1. The Labute approximate surface area is 135 Å². The lowest BCUT2D eigenvalue weighted by Gasteiger charge is -2.37. The van der Waals surface area contributed by atoms with E-state index in [1.807, 2.05) is 0 Å². The van der Waals surface area contributed by atoms with E-state index in [0.717, 1.165) is 12.8 Å². The van der Waals surface area contributed by atoms with E-state index in [1.54, 1.807) is 12.1 Å². The highest BCUT2D eigenvalue weighted by molar-refractivity contribution is 5.85. The van der Waals surface area contributed by atoms with Gasteiger partial charge in [0, 0.05) is 6.04 Å². The number of carbonyl (C=O) groups excluding carboxylic acids is 1. The maximum Gasteiger partial charge on any atom is 0.226 e. The van der Waals surface area contributed by atoms with Gasteiger partial charge in [-0.25, -0.2) is 4.39 Å². The molecule has 0 radical (unpaired) electrons. The van der Waals surface area contributed by atoms with Crippen molar-refractivity contribution in [3.8, 4) is 0 Å². The molecule has 23 heavy (non-hydrogen) atoms. The normalized spacial score (nSPS) is 29.1. The number of hydrogen-bond acceptors (Lipinski definition) is 2. The van der Waals surface area contributed by atoms with Crippen LogP contribution in [0.3, 0.4) is 0 Å². The van der Waals surface area contributed by atoms with E-state index in [2.05, 4.69) is 5.32 Å². The van der Waals surface area contributed by atoms with Gasteiger partial charge in [-0.15, -0.1) is 0 Å². The predicted molar refractivity (Wildman–Crippen MR) is 83.0 cm³/mol. The van der Waals surface area contributed by atoms with Gasteiger partial charge in [-0.1, -0.05) is 12.1 Å². The van der Waals surface area contributed by atoms with Crippen molar-refractivity contribution in [3.63, 3.8) is 0 Å². The first kappa shape index (κ1) is 16.4. The summed E-state index contributed by atoms with van der Waals surface area (Å²) < 4.78 is 25.9. The molecule has 1 amide bonds. The third-order valence-corrected chi connectivity index (χ3v) is 5.42. The van der Waals surface area contributed by atoms with E-state index in [4.69, 9.17) is 0 Å². The fourth-order valence-corrected chi connectivity index (χ4v) is 3.57. The second kappa shape index (κ2) is 6.19. The van der Waals surface area contributed by atoms with Crippen molar-refractivity contribution in [1.82, 2.24) is 5.32 Å². The van der Waals surface area contributed by atoms with E-state index in [-0.39, 0.29) is 17.8 Å². The third kappa shape index (κ3) is 3.39. The van der Waals surface area contributed by atoms with E-state index in [1.165, 1.54) is 12.1 Å². The van der Waals surface area contributed by atoms with E-state index >= 15 is 0 Å². The Morgan fingerprint density at radius 3 is 2.52 bits per heavy atom. The smallest absolute Gasteiger partial charge is 0.226 e. The maximum absolute atomic E-state index is 13.4. The van der Waals surface area contributed by atoms with Crippen LogP contribution in [0.15, 0.2) is 24.3 Å². The van der Waals surface area contributed by atoms with Crippen LogP contribution in [0.1, 0.15) is 50.5 Å². The fourth-order valence-electron chi connectivity index (χ4n) is 3.57. The zero-order valence-electron chi connectivity index (χ0n) is 13.2. The SMILES string of the molecule is O=C(NC1CCC(O)(c2cccc(F)c2)CC1)C1(CCF)CC1. The van der Waals surface area contributed by atoms with Gasteiger partial charge < -0.3 is 10.4 Å². The average Bonchev–Trinajstić information content (AvgIpc) is 3.31. The first-order valence-electron chi connectivity index (χ1n) is 8.33. The number of benzene rings is 1. The molecule has 2 aliphatic rings. The van der Waals surface area contributed by atoms with Crippen molar-refractivity contribution >= 4 is 5.91 Å². The quantitative estimate of drug-likeness (QED) is 0.874. The molecule has 2 N–H and O–H groups in total. The molecule has 3 nitrogen and oxygen atoms in total. The summed E-state index contributed by atoms with van der Waals surface area (Å²) in [6.07, 6.45) is 4.09. The van der Waals surface area contributed by atoms with Crippen molar-refractivity contribution in [2.75, 3.05) is 6.67 Å². The first-order chi connectivity index (χ1) is 11.0. The molecule has 1 aromatic carbocycles. The summed E-state index contributed by atoms with van der Waals surface area (Å²) in [6.45, 7) is -0.461. The molecule has 0 heterocycles. The van der Waals surface area contributed by atoms with Crippen LogP contribution in [-0.2, 0) is 10.4 Å². The lowest BCUT2D eigenvalue weighted by Crippen LogP contribution is -2.45. The molecule has 2 aliphatic carbocycles. The minimum atomic E-state index is -1.03. The molecule has 0 aromatic heterocycles. The Balaban J connectivity index is 1.57. The number of alkyl halides is 1. The van der Waals surface area contributed by atoms with Crippen LogP contribution in [0, 0.1) is 11.2 Å². The molecule has 2 saturated carbocycles. The summed E-state index contributed by atoms with van der Waals surface area (Å²) in [4.78, 5) is 12.3. The van der Waals surface area contributed by atoms with Gasteiger partial charge in [0.2, 0.25) is 5.91 Å². The Morgan fingerprint density at radius 2 is 1.96 bits per heavy atom. The maximum atomic E-state index is 13.4. The topological polar surface area (TPSA) is 49.3 Å². The van der Waals surface area contributed by atoms with Crippen LogP contribution in [-0.4, -0.2) is 23.7 Å². The Bertz CT molecular complexity index is 578. The minimum absolute atomic E-state index is 0.00780. The summed E-state index contributed by atoms with van der Waals surface area (Å²) in [5.41, 5.74) is -0.914. The van der Waals surface area contributed by atoms with Crippen LogP contribution < -0.4 is 5.32 Å². The Kier molecular flexibility index (Phi) is 4.41. The van der Waals surface area contributed by atoms with Crippen molar-refractivity contribution in [1.29, 1.82) is 0 Å². The molecule has 0 unspecified atom stereocenters. The highest BCUT2D eigenvalue weighted by Crippen LogP contribution is 2.49. The fraction of sp³-hybridized carbons (Fsp3) is 0.611. The highest BCUT2D eigenvalue weighted by Gasteiger charge is 2.50. The molecule has 5 heteroatoms. The average molecular weight is 323 g/mol. The van der Waals surface area contributed by atoms with Crippen LogP contribution in [0.2, 0.25) is 0 Å². The summed E-state index contributed by atoms with van der Waals surface area (Å²) >= 11 is 0. The third-order valence-electron chi connectivity index (χ3n) is 5.42. The Morgan fingerprint density at radius 1 is 1.26 bits per heavy atom. The van der Waals surface area contributed by atoms with Crippen LogP contribution in [0.4, 0.5) is 8.78 Å². The molecular formula is C18H23F2NO2. The second-order valence-electron chi connectivity index (χ2n) is 7.01. The largest absolute Gasteiger partial charge is 0.385 e. The van der Waals surface area contributed by atoms with Gasteiger partial charge in [-0.3, -0.25) is 9.18 Å². The number of rotatable bonds is 5. The van der Waals surface area contributed by atoms with E-state index < -0.39 is 17.7 Å². The lowest BCUT2D eigenvalue weighted by atomic mass is 9.77. The summed E-state index contributed by atoms with van der Waals surface area (Å²) in [6, 6.07) is 6.08. The van der Waals surface area contributed by atoms with E-state index in [0.29, 0.717) is 37.7 Å². The number of hydrogen-bond donors (Lipinski definition) is 2. The second-order valence-corrected chi connectivity index (χ2v) is 7.01. The number of carbonyl (C=O) groups is 1. The summed E-state index contributed by atoms with van der Waals surface area (Å²) in [5, 5.41) is 13.8. The number of halogens is 2. The monoisotopic (exact) mass is 323 g/mol. The minimum Gasteiger partial charge on any atom is -0.385 e. The summed E-state index contributed by atoms with van der Waals surface area (Å²) in [7, 11) is 0. The standard InChI is InChI=1S/C18H23F2NO2/c19-11-10-17(8-9-17)16(22)21-15-4-6-18(23,7-5-15)13-2-1-3-14(20)12-13/h1-3,12,15,23H,4-11H2,(H,21,22). The van der Waals surface area contributed by atoms with Crippen molar-refractivity contribution in [2.24, 2.45) is 5.41 Å². The van der Waals surface area contributed by atoms with Crippen LogP contribution in [0.5, 0.6) is 0 Å². The van der Waals surface area contributed by atoms with Gasteiger partial charge in [0.1, 0.15) is 5.82 Å². The molecule has 0 saturated heterocycles. The molecule has 0 atom stereocenters. The van der Waals surface area contributed by atoms with Crippen LogP contribution in [0.25, 0.3) is 0 Å². The van der Waals surface area contributed by atoms with Gasteiger partial charge >= 0.3 is 0 Å². The van der Waals surface area contributed by atoms with Crippen molar-refractivity contribution in [3.05, 3.63) is 35.6 Å². The van der Waals surface area contributed by atoms with Gasteiger partial charge in [0.15, 0.2) is 0 Å². The molecule has 1 aromatic rings. The predicted octanol–water partition coefficient (Wildman–Crippen LogP) is 3.21. The Hall–Kier alpha value is -1.49. The molecule has 2 fully saturated rings. The van der Waals surface area contributed by atoms with Crippen molar-refractivity contribution in [2.45, 2.75) is 56.6 Å². The molecular weight excluding hydrogens is 300 g/mol. The van der Waals surface area contributed by atoms with Gasteiger partial charge in [-0.05, 0) is 62.6 Å². The van der Waals surface area contributed by atoms with E-state index in [9.17, 15) is 18.7 Å². The molecule has 3 rings (SSSR count). The van der Waals surface area contributed by atoms with Gasteiger partial charge in [-0.2, -0.15) is 0 Å². The molecule has 0 aliphatic heterocycles. The zero-order valence-corrected chi connectivity index (χ0v) is 13.2. The lowest BCUT2D eigenvalue weighted by molar-refractivity contribution is -0.128. The number of aliphatic hydroxyl groups is 1. The zero-order chi connectivity index (χ0) is 16.5. The number of nitrogens with one attached hydrogen (secondary N) is 1. The molecule has 0 bridgehead atoms. The molecule has 126 valence electrons. The first-order valence-corrected chi connectivity index (χ1v) is 8.33. The van der Waals surface area contributed by atoms with Gasteiger partial charge in [0.05, 0.1) is 17.7 Å².